The Bertz CT molecular complexity index is 2000. The predicted molar refractivity (Wildman–Crippen MR) is 166 cm³/mol. The number of imide groups is 1. The molecule has 0 aromatic heterocycles. The van der Waals surface area contributed by atoms with Gasteiger partial charge in [-0.05, 0) is 52.8 Å². The zero-order chi connectivity index (χ0) is 31.0. The molecular formula is C38H29NO6. The second-order valence-electron chi connectivity index (χ2n) is 12.5. The molecule has 8 rings (SSSR count). The number of Topliss-reactive ketones (excluding diaryl/α,β-unsaturated/α-hetero) is 1. The lowest BCUT2D eigenvalue weighted by molar-refractivity contribution is -0.173. The van der Waals surface area contributed by atoms with E-state index < -0.39 is 46.8 Å². The SMILES string of the molecule is O=C1C(c2ccccc2)=CC(=O)C2(c3ccccc3)C1CC1C(=CCC3C(=O)N(O)C(=O)C31)C2c1c(O)ccc2ccccc12. The van der Waals surface area contributed by atoms with E-state index in [2.05, 4.69) is 0 Å². The van der Waals surface area contributed by atoms with Crippen LogP contribution < -0.4 is 0 Å². The maximum Gasteiger partial charge on any atom is 0.257 e. The summed E-state index contributed by atoms with van der Waals surface area (Å²) in [6, 6.07) is 29.4. The summed E-state index contributed by atoms with van der Waals surface area (Å²) in [4.78, 5) is 56.4. The van der Waals surface area contributed by atoms with Crippen molar-refractivity contribution in [3.63, 3.8) is 0 Å². The van der Waals surface area contributed by atoms with Gasteiger partial charge in [-0.15, -0.1) is 0 Å². The Balaban J connectivity index is 1.47. The first-order chi connectivity index (χ1) is 21.8. The lowest BCUT2D eigenvalue weighted by atomic mass is 9.44. The van der Waals surface area contributed by atoms with Crippen molar-refractivity contribution < 1.29 is 29.5 Å². The van der Waals surface area contributed by atoms with Gasteiger partial charge < -0.3 is 5.11 Å². The first-order valence-corrected chi connectivity index (χ1v) is 15.2. The minimum atomic E-state index is -1.45. The molecule has 2 fully saturated rings. The molecule has 4 aliphatic rings. The minimum Gasteiger partial charge on any atom is -0.508 e. The lowest BCUT2D eigenvalue weighted by Crippen LogP contribution is -2.58. The van der Waals surface area contributed by atoms with Gasteiger partial charge in [-0.2, -0.15) is 5.06 Å². The molecule has 4 aromatic rings. The Labute approximate surface area is 259 Å². The van der Waals surface area contributed by atoms with Crippen LogP contribution in [-0.2, 0) is 24.6 Å². The molecule has 3 aliphatic carbocycles. The summed E-state index contributed by atoms with van der Waals surface area (Å²) in [5.74, 6) is -5.87. The molecule has 222 valence electrons. The number of aromatic hydroxyl groups is 1. The Morgan fingerprint density at radius 3 is 2.20 bits per heavy atom. The van der Waals surface area contributed by atoms with Crippen LogP contribution in [0.1, 0.15) is 35.4 Å². The van der Waals surface area contributed by atoms with Crippen LogP contribution in [0.2, 0.25) is 0 Å². The molecule has 2 N–H and O–H groups in total. The third-order valence-electron chi connectivity index (χ3n) is 10.6. The molecule has 1 aliphatic heterocycles. The van der Waals surface area contributed by atoms with Crippen molar-refractivity contribution in [2.75, 3.05) is 0 Å². The molecule has 0 radical (unpaired) electrons. The standard InChI is InChI=1S/C38H29NO6/c40-30-18-15-22-11-7-8-14-24(22)33(30)34-25-16-17-26-32(37(44)39(45)36(26)43)28(25)19-29-35(42)27(21-9-3-1-4-10-21)20-31(41)38(29,34)23-12-5-2-6-13-23/h1-16,18,20,26,28-29,32,34,40,45H,17,19H2. The number of hydrogen-bond donors (Lipinski definition) is 2. The van der Waals surface area contributed by atoms with E-state index in [1.54, 1.807) is 18.2 Å². The van der Waals surface area contributed by atoms with E-state index in [0.717, 1.165) is 16.3 Å². The fourth-order valence-electron chi connectivity index (χ4n) is 8.76. The number of ketones is 2. The smallest absolute Gasteiger partial charge is 0.257 e. The van der Waals surface area contributed by atoms with E-state index in [0.29, 0.717) is 22.3 Å². The summed E-state index contributed by atoms with van der Waals surface area (Å²) in [7, 11) is 0. The molecule has 2 amide bonds. The van der Waals surface area contributed by atoms with Gasteiger partial charge in [0.1, 0.15) is 5.75 Å². The summed E-state index contributed by atoms with van der Waals surface area (Å²) < 4.78 is 0. The molecule has 1 heterocycles. The zero-order valence-corrected chi connectivity index (χ0v) is 24.2. The van der Waals surface area contributed by atoms with Gasteiger partial charge in [0.25, 0.3) is 11.8 Å². The number of phenolic OH excluding ortho intramolecular Hbond substituents is 1. The molecule has 6 atom stereocenters. The number of amides is 2. The first-order valence-electron chi connectivity index (χ1n) is 15.2. The molecule has 1 saturated heterocycles. The normalized spacial score (nSPS) is 29.2. The quantitative estimate of drug-likeness (QED) is 0.177. The molecule has 0 spiro atoms. The average molecular weight is 596 g/mol. The van der Waals surface area contributed by atoms with Crippen LogP contribution in [0.5, 0.6) is 5.75 Å². The van der Waals surface area contributed by atoms with E-state index in [1.165, 1.54) is 6.08 Å². The number of phenols is 1. The number of carbonyl (C=O) groups is 4. The van der Waals surface area contributed by atoms with Crippen molar-refractivity contribution in [3.05, 3.63) is 131 Å². The highest BCUT2D eigenvalue weighted by Gasteiger charge is 2.66. The van der Waals surface area contributed by atoms with Crippen LogP contribution in [-0.4, -0.2) is 38.8 Å². The molecular weight excluding hydrogens is 566 g/mol. The molecule has 4 aromatic carbocycles. The second-order valence-corrected chi connectivity index (χ2v) is 12.5. The number of carbonyl (C=O) groups excluding carboxylic acids is 4. The Hall–Kier alpha value is -5.14. The van der Waals surface area contributed by atoms with E-state index in [4.69, 9.17) is 0 Å². The third kappa shape index (κ3) is 3.68. The van der Waals surface area contributed by atoms with Crippen LogP contribution in [0, 0.1) is 23.7 Å². The van der Waals surface area contributed by atoms with E-state index in [1.807, 2.05) is 84.9 Å². The summed E-state index contributed by atoms with van der Waals surface area (Å²) in [5, 5.41) is 23.9. The van der Waals surface area contributed by atoms with Crippen LogP contribution in [0.25, 0.3) is 16.3 Å². The number of allylic oxidation sites excluding steroid dienone is 4. The summed E-state index contributed by atoms with van der Waals surface area (Å²) >= 11 is 0. The third-order valence-corrected chi connectivity index (χ3v) is 10.6. The Kier molecular flexibility index (Phi) is 6.05. The fourth-order valence-corrected chi connectivity index (χ4v) is 8.76. The monoisotopic (exact) mass is 595 g/mol. The number of benzene rings is 4. The molecule has 1 saturated carbocycles. The van der Waals surface area contributed by atoms with E-state index in [9.17, 15) is 24.7 Å². The van der Waals surface area contributed by atoms with Gasteiger partial charge in [-0.3, -0.25) is 24.4 Å². The summed E-state index contributed by atoms with van der Waals surface area (Å²) in [5.41, 5.74) is 1.36. The fraction of sp³-hybridized carbons (Fsp3) is 0.211. The molecule has 7 nitrogen and oxygen atoms in total. The summed E-state index contributed by atoms with van der Waals surface area (Å²) in [6.45, 7) is 0. The van der Waals surface area contributed by atoms with Gasteiger partial charge in [0, 0.05) is 23.0 Å². The van der Waals surface area contributed by atoms with Crippen LogP contribution in [0.4, 0.5) is 0 Å². The minimum absolute atomic E-state index is 0.0212. The van der Waals surface area contributed by atoms with E-state index in [-0.39, 0.29) is 35.2 Å². The molecule has 6 unspecified atom stereocenters. The van der Waals surface area contributed by atoms with Gasteiger partial charge in [0.2, 0.25) is 0 Å². The highest BCUT2D eigenvalue weighted by Crippen LogP contribution is 2.65. The predicted octanol–water partition coefficient (Wildman–Crippen LogP) is 5.76. The molecule has 45 heavy (non-hydrogen) atoms. The van der Waals surface area contributed by atoms with Gasteiger partial charge in [-0.25, -0.2) is 0 Å². The Morgan fingerprint density at radius 1 is 0.756 bits per heavy atom. The van der Waals surface area contributed by atoms with E-state index >= 15 is 4.79 Å². The molecule has 7 heteroatoms. The van der Waals surface area contributed by atoms with Crippen LogP contribution in [0.15, 0.2) is 115 Å². The van der Waals surface area contributed by atoms with Crippen LogP contribution in [0.3, 0.4) is 0 Å². The highest BCUT2D eigenvalue weighted by molar-refractivity contribution is 6.31. The second kappa shape index (κ2) is 9.94. The topological polar surface area (TPSA) is 112 Å². The van der Waals surface area contributed by atoms with Crippen LogP contribution >= 0.6 is 0 Å². The van der Waals surface area contributed by atoms with Gasteiger partial charge in [0.05, 0.1) is 17.3 Å². The lowest BCUT2D eigenvalue weighted by Gasteiger charge is -2.55. The van der Waals surface area contributed by atoms with Crippen molar-refractivity contribution in [1.29, 1.82) is 0 Å². The zero-order valence-electron chi connectivity index (χ0n) is 24.2. The number of rotatable bonds is 3. The summed E-state index contributed by atoms with van der Waals surface area (Å²) in [6.07, 6.45) is 3.70. The number of nitrogens with zero attached hydrogens (tertiary/aromatic N) is 1. The number of hydrogen-bond acceptors (Lipinski definition) is 6. The highest BCUT2D eigenvalue weighted by atomic mass is 16.5. The van der Waals surface area contributed by atoms with Crippen molar-refractivity contribution in [3.8, 4) is 5.75 Å². The van der Waals surface area contributed by atoms with Crippen molar-refractivity contribution in [2.45, 2.75) is 24.2 Å². The Morgan fingerprint density at radius 2 is 1.44 bits per heavy atom. The first kappa shape index (κ1) is 27.4. The maximum atomic E-state index is 15.1. The maximum absolute atomic E-state index is 15.1. The average Bonchev–Trinajstić information content (AvgIpc) is 3.30. The number of hydroxylamine groups is 2. The van der Waals surface area contributed by atoms with Crippen molar-refractivity contribution in [2.24, 2.45) is 23.7 Å². The van der Waals surface area contributed by atoms with Gasteiger partial charge in [-0.1, -0.05) is 103 Å². The van der Waals surface area contributed by atoms with Crippen molar-refractivity contribution in [1.82, 2.24) is 5.06 Å². The molecule has 0 bridgehead atoms. The van der Waals surface area contributed by atoms with Gasteiger partial charge >= 0.3 is 0 Å². The number of fused-ring (bicyclic) bond motifs is 5. The largest absolute Gasteiger partial charge is 0.508 e. The van der Waals surface area contributed by atoms with Gasteiger partial charge in [0.15, 0.2) is 11.6 Å². The van der Waals surface area contributed by atoms with Crippen molar-refractivity contribution >= 4 is 39.7 Å².